The molecule has 0 bridgehead atoms. The summed E-state index contributed by atoms with van der Waals surface area (Å²) in [5, 5.41) is 3.41. The zero-order valence-corrected chi connectivity index (χ0v) is 10.9. The second kappa shape index (κ2) is 4.61. The van der Waals surface area contributed by atoms with Crippen molar-refractivity contribution in [2.24, 2.45) is 0 Å². The van der Waals surface area contributed by atoms with Gasteiger partial charge in [0.05, 0.1) is 18.5 Å². The van der Waals surface area contributed by atoms with Gasteiger partial charge >= 0.3 is 0 Å². The monoisotopic (exact) mass is 245 g/mol. The Morgan fingerprint density at radius 2 is 2.11 bits per heavy atom. The van der Waals surface area contributed by atoms with E-state index in [2.05, 4.69) is 21.6 Å². The predicted molar refractivity (Wildman–Crippen MR) is 71.3 cm³/mol. The number of nitrogens with one attached hydrogen (secondary N) is 1. The molecule has 1 N–H and O–H groups in total. The van der Waals surface area contributed by atoms with Crippen molar-refractivity contribution in [2.45, 2.75) is 25.7 Å². The molecule has 2 aromatic heterocycles. The van der Waals surface area contributed by atoms with E-state index in [4.69, 9.17) is 4.74 Å². The van der Waals surface area contributed by atoms with E-state index in [0.29, 0.717) is 5.92 Å². The molecule has 2 aromatic rings. The fourth-order valence-corrected chi connectivity index (χ4v) is 2.93. The number of rotatable bonds is 2. The number of aryl methyl sites for hydroxylation is 1. The Labute approximate surface area is 107 Å². The van der Waals surface area contributed by atoms with E-state index in [1.807, 2.05) is 18.2 Å². The van der Waals surface area contributed by atoms with Crippen LogP contribution in [0.2, 0.25) is 0 Å². The molecule has 96 valence electrons. The zero-order chi connectivity index (χ0) is 12.5. The SMILES string of the molecule is COc1cccc2nc(C)c(C3CCNCC3)n12. The van der Waals surface area contributed by atoms with E-state index in [1.54, 1.807) is 7.11 Å². The number of ether oxygens (including phenoxy) is 1. The van der Waals surface area contributed by atoms with Crippen LogP contribution in [0.4, 0.5) is 0 Å². The maximum Gasteiger partial charge on any atom is 0.199 e. The molecule has 0 spiro atoms. The van der Waals surface area contributed by atoms with Gasteiger partial charge < -0.3 is 10.1 Å². The Hall–Kier alpha value is -1.55. The van der Waals surface area contributed by atoms with Crippen molar-refractivity contribution in [2.75, 3.05) is 20.2 Å². The molecule has 0 aliphatic carbocycles. The molecular formula is C14H19N3O. The van der Waals surface area contributed by atoms with E-state index < -0.39 is 0 Å². The van der Waals surface area contributed by atoms with Gasteiger partial charge in [0.2, 0.25) is 0 Å². The molecule has 1 saturated heterocycles. The summed E-state index contributed by atoms with van der Waals surface area (Å²) in [5.41, 5.74) is 3.44. The minimum atomic E-state index is 0.581. The number of imidazole rings is 1. The number of hydrogen-bond donors (Lipinski definition) is 1. The molecule has 0 amide bonds. The molecular weight excluding hydrogens is 226 g/mol. The number of aromatic nitrogens is 2. The smallest absolute Gasteiger partial charge is 0.199 e. The summed E-state index contributed by atoms with van der Waals surface area (Å²) in [5.74, 6) is 1.46. The van der Waals surface area contributed by atoms with E-state index in [-0.39, 0.29) is 0 Å². The van der Waals surface area contributed by atoms with E-state index >= 15 is 0 Å². The minimum Gasteiger partial charge on any atom is -0.482 e. The van der Waals surface area contributed by atoms with Gasteiger partial charge in [-0.25, -0.2) is 4.98 Å². The average Bonchev–Trinajstić information content (AvgIpc) is 2.75. The molecule has 1 aliphatic rings. The molecule has 4 nitrogen and oxygen atoms in total. The first kappa shape index (κ1) is 11.5. The summed E-state index contributed by atoms with van der Waals surface area (Å²) in [6.45, 7) is 4.28. The Kier molecular flexibility index (Phi) is 2.96. The summed E-state index contributed by atoms with van der Waals surface area (Å²) in [7, 11) is 1.72. The van der Waals surface area contributed by atoms with Crippen LogP contribution in [0.1, 0.15) is 30.1 Å². The van der Waals surface area contributed by atoms with Gasteiger partial charge in [-0.1, -0.05) is 6.07 Å². The topological polar surface area (TPSA) is 38.6 Å². The lowest BCUT2D eigenvalue weighted by atomic mass is 9.93. The molecule has 0 aromatic carbocycles. The number of pyridine rings is 1. The highest BCUT2D eigenvalue weighted by Crippen LogP contribution is 2.31. The van der Waals surface area contributed by atoms with Crippen LogP contribution in [0.3, 0.4) is 0 Å². The maximum atomic E-state index is 5.48. The van der Waals surface area contributed by atoms with E-state index in [0.717, 1.165) is 30.3 Å². The number of hydrogen-bond acceptors (Lipinski definition) is 3. The molecule has 1 aliphatic heterocycles. The van der Waals surface area contributed by atoms with Crippen LogP contribution in [0, 0.1) is 6.92 Å². The van der Waals surface area contributed by atoms with Gasteiger partial charge in [-0.2, -0.15) is 0 Å². The normalized spacial score (nSPS) is 17.2. The van der Waals surface area contributed by atoms with Crippen molar-refractivity contribution >= 4 is 5.65 Å². The third-order valence-electron chi connectivity index (χ3n) is 3.76. The zero-order valence-electron chi connectivity index (χ0n) is 10.9. The number of piperidine rings is 1. The highest BCUT2D eigenvalue weighted by Gasteiger charge is 2.22. The Morgan fingerprint density at radius 3 is 2.83 bits per heavy atom. The second-order valence-electron chi connectivity index (χ2n) is 4.87. The molecule has 3 rings (SSSR count). The third kappa shape index (κ3) is 1.77. The van der Waals surface area contributed by atoms with Crippen molar-refractivity contribution in [3.8, 4) is 5.88 Å². The Balaban J connectivity index is 2.17. The van der Waals surface area contributed by atoms with Crippen molar-refractivity contribution < 1.29 is 4.74 Å². The number of methoxy groups -OCH3 is 1. The van der Waals surface area contributed by atoms with Gasteiger partial charge in [0, 0.05) is 5.92 Å². The summed E-state index contributed by atoms with van der Waals surface area (Å²) >= 11 is 0. The van der Waals surface area contributed by atoms with Gasteiger partial charge in [0.1, 0.15) is 5.65 Å². The van der Waals surface area contributed by atoms with Crippen LogP contribution in [0.15, 0.2) is 18.2 Å². The lowest BCUT2D eigenvalue weighted by Crippen LogP contribution is -2.27. The van der Waals surface area contributed by atoms with Gasteiger partial charge in [-0.15, -0.1) is 0 Å². The number of nitrogens with zero attached hydrogens (tertiary/aromatic N) is 2. The molecule has 3 heterocycles. The van der Waals surface area contributed by atoms with Crippen molar-refractivity contribution in [1.29, 1.82) is 0 Å². The first-order valence-electron chi connectivity index (χ1n) is 6.54. The quantitative estimate of drug-likeness (QED) is 0.880. The van der Waals surface area contributed by atoms with Crippen molar-refractivity contribution in [3.05, 3.63) is 29.6 Å². The summed E-state index contributed by atoms with van der Waals surface area (Å²) in [4.78, 5) is 4.66. The standard InChI is InChI=1S/C14H19N3O/c1-10-14(11-6-8-15-9-7-11)17-12(16-10)4-3-5-13(17)18-2/h3-5,11,15H,6-9H2,1-2H3. The highest BCUT2D eigenvalue weighted by atomic mass is 16.5. The first-order chi connectivity index (χ1) is 8.81. The van der Waals surface area contributed by atoms with E-state index in [9.17, 15) is 0 Å². The Bertz CT molecular complexity index is 555. The average molecular weight is 245 g/mol. The van der Waals surface area contributed by atoms with Crippen LogP contribution in [-0.2, 0) is 0 Å². The molecule has 0 saturated carbocycles. The van der Waals surface area contributed by atoms with E-state index in [1.165, 1.54) is 18.5 Å². The predicted octanol–water partition coefficient (Wildman–Crippen LogP) is 2.12. The first-order valence-corrected chi connectivity index (χ1v) is 6.54. The summed E-state index contributed by atoms with van der Waals surface area (Å²) in [6, 6.07) is 6.03. The fourth-order valence-electron chi connectivity index (χ4n) is 2.93. The van der Waals surface area contributed by atoms with Crippen LogP contribution in [-0.4, -0.2) is 29.6 Å². The molecule has 0 radical (unpaired) electrons. The van der Waals surface area contributed by atoms with Crippen LogP contribution in [0.5, 0.6) is 5.88 Å². The van der Waals surface area contributed by atoms with Gasteiger partial charge in [0.15, 0.2) is 5.88 Å². The van der Waals surface area contributed by atoms with Gasteiger partial charge in [-0.05, 0) is 45.0 Å². The third-order valence-corrected chi connectivity index (χ3v) is 3.76. The maximum absolute atomic E-state index is 5.48. The fraction of sp³-hybridized carbons (Fsp3) is 0.500. The van der Waals surface area contributed by atoms with Crippen molar-refractivity contribution in [1.82, 2.24) is 14.7 Å². The highest BCUT2D eigenvalue weighted by molar-refractivity contribution is 5.47. The van der Waals surface area contributed by atoms with Crippen LogP contribution in [0.25, 0.3) is 5.65 Å². The van der Waals surface area contributed by atoms with Crippen LogP contribution >= 0.6 is 0 Å². The summed E-state index contributed by atoms with van der Waals surface area (Å²) < 4.78 is 7.65. The molecule has 4 heteroatoms. The molecule has 0 unspecified atom stereocenters. The summed E-state index contributed by atoms with van der Waals surface area (Å²) in [6.07, 6.45) is 2.35. The second-order valence-corrected chi connectivity index (χ2v) is 4.87. The lowest BCUT2D eigenvalue weighted by Gasteiger charge is -2.23. The van der Waals surface area contributed by atoms with Crippen molar-refractivity contribution in [3.63, 3.8) is 0 Å². The lowest BCUT2D eigenvalue weighted by molar-refractivity contribution is 0.383. The van der Waals surface area contributed by atoms with Gasteiger partial charge in [0.25, 0.3) is 0 Å². The molecule has 1 fully saturated rings. The molecule has 18 heavy (non-hydrogen) atoms. The minimum absolute atomic E-state index is 0.581. The molecule has 0 atom stereocenters. The Morgan fingerprint density at radius 1 is 1.33 bits per heavy atom. The largest absolute Gasteiger partial charge is 0.482 e. The van der Waals surface area contributed by atoms with Crippen LogP contribution < -0.4 is 10.1 Å². The number of fused-ring (bicyclic) bond motifs is 1. The van der Waals surface area contributed by atoms with Gasteiger partial charge in [-0.3, -0.25) is 4.40 Å².